The molecule has 2 aromatic rings. The first-order valence-electron chi connectivity index (χ1n) is 9.16. The highest BCUT2D eigenvalue weighted by Gasteiger charge is 2.50. The van der Waals surface area contributed by atoms with Gasteiger partial charge in [0.15, 0.2) is 5.72 Å². The molecular formula is C21H21FN2O. The maximum absolute atomic E-state index is 13.3. The maximum Gasteiger partial charge on any atom is 0.198 e. The Morgan fingerprint density at radius 3 is 2.56 bits per heavy atom. The van der Waals surface area contributed by atoms with Crippen molar-refractivity contribution in [3.63, 3.8) is 0 Å². The summed E-state index contributed by atoms with van der Waals surface area (Å²) in [5.41, 5.74) is 2.91. The van der Waals surface area contributed by atoms with E-state index in [1.54, 1.807) is 0 Å². The van der Waals surface area contributed by atoms with Crippen LogP contribution < -0.4 is 4.74 Å². The third-order valence-corrected chi connectivity index (χ3v) is 5.72. The summed E-state index contributed by atoms with van der Waals surface area (Å²) in [5.74, 6) is 0.790. The van der Waals surface area contributed by atoms with Gasteiger partial charge in [-0.2, -0.15) is 5.10 Å². The molecule has 0 aromatic heterocycles. The minimum Gasteiger partial charge on any atom is -0.466 e. The summed E-state index contributed by atoms with van der Waals surface area (Å²) in [6.45, 7) is 0. The van der Waals surface area contributed by atoms with Crippen LogP contribution in [0.4, 0.5) is 4.39 Å². The lowest BCUT2D eigenvalue weighted by Gasteiger charge is -2.49. The Balaban J connectivity index is 1.59. The van der Waals surface area contributed by atoms with Crippen LogP contribution in [0, 0.1) is 5.82 Å². The van der Waals surface area contributed by atoms with E-state index < -0.39 is 0 Å². The molecule has 0 saturated heterocycles. The third kappa shape index (κ3) is 2.35. The molecule has 128 valence electrons. The lowest BCUT2D eigenvalue weighted by molar-refractivity contribution is -0.140. The number of rotatable bonds is 1. The molecule has 3 aliphatic rings. The van der Waals surface area contributed by atoms with Gasteiger partial charge < -0.3 is 4.74 Å². The zero-order valence-corrected chi connectivity index (χ0v) is 14.1. The average Bonchev–Trinajstić information content (AvgIpc) is 3.10. The zero-order valence-electron chi connectivity index (χ0n) is 14.1. The largest absolute Gasteiger partial charge is 0.466 e. The zero-order chi connectivity index (χ0) is 16.9. The molecular weight excluding hydrogens is 315 g/mol. The average molecular weight is 336 g/mol. The fourth-order valence-electron chi connectivity index (χ4n) is 4.48. The van der Waals surface area contributed by atoms with E-state index in [0.29, 0.717) is 0 Å². The molecule has 2 heterocycles. The fourth-order valence-corrected chi connectivity index (χ4v) is 4.48. The van der Waals surface area contributed by atoms with Crippen molar-refractivity contribution >= 4 is 5.71 Å². The van der Waals surface area contributed by atoms with Crippen LogP contribution in [0.2, 0.25) is 0 Å². The highest BCUT2D eigenvalue weighted by molar-refractivity contribution is 6.01. The Morgan fingerprint density at radius 2 is 1.76 bits per heavy atom. The second kappa shape index (κ2) is 5.58. The summed E-state index contributed by atoms with van der Waals surface area (Å²) in [5, 5.41) is 7.20. The Morgan fingerprint density at radius 1 is 1.00 bits per heavy atom. The molecule has 3 nitrogen and oxygen atoms in total. The van der Waals surface area contributed by atoms with Crippen LogP contribution in [-0.2, 0) is 0 Å². The van der Waals surface area contributed by atoms with E-state index in [9.17, 15) is 4.39 Å². The van der Waals surface area contributed by atoms with Gasteiger partial charge in [0.1, 0.15) is 11.6 Å². The number of fused-ring (bicyclic) bond motifs is 4. The van der Waals surface area contributed by atoms with Gasteiger partial charge in [-0.05, 0) is 36.6 Å². The van der Waals surface area contributed by atoms with Crippen molar-refractivity contribution < 1.29 is 9.13 Å². The summed E-state index contributed by atoms with van der Waals surface area (Å²) in [6, 6.07) is 15.2. The van der Waals surface area contributed by atoms with E-state index in [-0.39, 0.29) is 17.6 Å². The summed E-state index contributed by atoms with van der Waals surface area (Å²) < 4.78 is 19.8. The summed E-state index contributed by atoms with van der Waals surface area (Å²) >= 11 is 0. The molecule has 1 spiro atoms. The normalized spacial score (nSPS) is 23.6. The van der Waals surface area contributed by atoms with E-state index in [4.69, 9.17) is 9.84 Å². The van der Waals surface area contributed by atoms with Crippen molar-refractivity contribution in [3.05, 3.63) is 65.5 Å². The maximum atomic E-state index is 13.3. The monoisotopic (exact) mass is 336 g/mol. The molecule has 0 radical (unpaired) electrons. The van der Waals surface area contributed by atoms with Gasteiger partial charge in [-0.15, -0.1) is 0 Å². The van der Waals surface area contributed by atoms with Crippen LogP contribution in [0.15, 0.2) is 53.6 Å². The highest BCUT2D eigenvalue weighted by atomic mass is 19.1. The van der Waals surface area contributed by atoms with Gasteiger partial charge in [0, 0.05) is 24.8 Å². The standard InChI is InChI=1S/C21H21FN2O/c22-16-10-8-15(9-11-16)18-14-19-17-6-2-3-7-20(17)25-21(24(19)23-18)12-4-1-5-13-21/h2-3,6-11,19H,1,4-5,12-14H2/t19-/m1/s1. The van der Waals surface area contributed by atoms with Crippen LogP contribution in [0.5, 0.6) is 5.75 Å². The number of hydrogen-bond acceptors (Lipinski definition) is 3. The molecule has 1 aliphatic carbocycles. The van der Waals surface area contributed by atoms with Crippen LogP contribution >= 0.6 is 0 Å². The fraction of sp³-hybridized carbons (Fsp3) is 0.381. The van der Waals surface area contributed by atoms with E-state index in [1.165, 1.54) is 37.0 Å². The van der Waals surface area contributed by atoms with Gasteiger partial charge in [-0.3, -0.25) is 0 Å². The van der Waals surface area contributed by atoms with Crippen LogP contribution in [0.3, 0.4) is 0 Å². The molecule has 5 rings (SSSR count). The van der Waals surface area contributed by atoms with E-state index in [1.807, 2.05) is 18.2 Å². The molecule has 0 bridgehead atoms. The molecule has 4 heteroatoms. The first-order chi connectivity index (χ1) is 12.3. The third-order valence-electron chi connectivity index (χ3n) is 5.72. The predicted octanol–water partition coefficient (Wildman–Crippen LogP) is 5.03. The van der Waals surface area contributed by atoms with E-state index >= 15 is 0 Å². The molecule has 0 N–H and O–H groups in total. The van der Waals surface area contributed by atoms with Gasteiger partial charge in [-0.25, -0.2) is 9.40 Å². The smallest absolute Gasteiger partial charge is 0.198 e. The van der Waals surface area contributed by atoms with Gasteiger partial charge >= 0.3 is 0 Å². The molecule has 0 amide bonds. The Labute approximate surface area is 147 Å². The second-order valence-corrected chi connectivity index (χ2v) is 7.26. The van der Waals surface area contributed by atoms with Crippen molar-refractivity contribution in [1.82, 2.24) is 5.01 Å². The van der Waals surface area contributed by atoms with E-state index in [0.717, 1.165) is 36.3 Å². The van der Waals surface area contributed by atoms with Gasteiger partial charge in [-0.1, -0.05) is 36.8 Å². The highest BCUT2D eigenvalue weighted by Crippen LogP contribution is 2.51. The molecule has 2 aromatic carbocycles. The van der Waals surface area contributed by atoms with Crippen LogP contribution in [0.1, 0.15) is 55.7 Å². The minimum atomic E-state index is -0.320. The second-order valence-electron chi connectivity index (χ2n) is 7.26. The number of nitrogens with zero attached hydrogens (tertiary/aromatic N) is 2. The van der Waals surface area contributed by atoms with Crippen molar-refractivity contribution in [2.24, 2.45) is 5.10 Å². The Hall–Kier alpha value is -2.36. The van der Waals surface area contributed by atoms with Crippen molar-refractivity contribution in [2.45, 2.75) is 50.3 Å². The number of para-hydroxylation sites is 1. The first kappa shape index (κ1) is 14.9. The molecule has 1 fully saturated rings. The summed E-state index contributed by atoms with van der Waals surface area (Å²) in [7, 11) is 0. The summed E-state index contributed by atoms with van der Waals surface area (Å²) in [6.07, 6.45) is 6.48. The van der Waals surface area contributed by atoms with Crippen molar-refractivity contribution in [2.75, 3.05) is 0 Å². The molecule has 1 atom stereocenters. The van der Waals surface area contributed by atoms with Gasteiger partial charge in [0.05, 0.1) is 11.8 Å². The number of ether oxygens (including phenoxy) is 1. The minimum absolute atomic E-state index is 0.211. The van der Waals surface area contributed by atoms with E-state index in [2.05, 4.69) is 23.2 Å². The Kier molecular flexibility index (Phi) is 3.34. The quantitative estimate of drug-likeness (QED) is 0.729. The number of hydrogen-bond donors (Lipinski definition) is 0. The number of benzene rings is 2. The van der Waals surface area contributed by atoms with Gasteiger partial charge in [0.25, 0.3) is 0 Å². The number of halogens is 1. The Bertz CT molecular complexity index is 824. The summed E-state index contributed by atoms with van der Waals surface area (Å²) in [4.78, 5) is 0. The SMILES string of the molecule is Fc1ccc(C2=NN3[C@H](C2)c2ccccc2OC32CCCCC2)cc1. The lowest BCUT2D eigenvalue weighted by atomic mass is 9.86. The van der Waals surface area contributed by atoms with Gasteiger partial charge in [0.2, 0.25) is 0 Å². The molecule has 0 unspecified atom stereocenters. The van der Waals surface area contributed by atoms with Crippen LogP contribution in [-0.4, -0.2) is 16.4 Å². The first-order valence-corrected chi connectivity index (χ1v) is 9.16. The van der Waals surface area contributed by atoms with Crippen LogP contribution in [0.25, 0.3) is 0 Å². The molecule has 2 aliphatic heterocycles. The topological polar surface area (TPSA) is 24.8 Å². The molecule has 1 saturated carbocycles. The number of hydrazone groups is 1. The van der Waals surface area contributed by atoms with Crippen molar-refractivity contribution in [3.8, 4) is 5.75 Å². The lowest BCUT2D eigenvalue weighted by Crippen LogP contribution is -2.54. The van der Waals surface area contributed by atoms with Crippen molar-refractivity contribution in [1.29, 1.82) is 0 Å². The predicted molar refractivity (Wildman–Crippen MR) is 95.0 cm³/mol. The molecule has 25 heavy (non-hydrogen) atoms.